The Balaban J connectivity index is 1.24. The van der Waals surface area contributed by atoms with Gasteiger partial charge in [0.2, 0.25) is 0 Å². The molecule has 0 N–H and O–H groups in total. The summed E-state index contributed by atoms with van der Waals surface area (Å²) in [5.74, 6) is 0.974. The molecule has 0 saturated heterocycles. The number of benzene rings is 3. The zero-order valence-electron chi connectivity index (χ0n) is 30.7. The molecular weight excluding hydrogens is 655 g/mol. The Hall–Kier alpha value is -6.19. The molecule has 0 bridgehead atoms. The second-order valence-electron chi connectivity index (χ2n) is 14.1. The first kappa shape index (κ1) is 34.9. The van der Waals surface area contributed by atoms with Gasteiger partial charge in [0.05, 0.1) is 5.70 Å². The molecular formula is C51H45N3. The second kappa shape index (κ2) is 16.7. The molecule has 3 aromatic carbocycles. The third kappa shape index (κ3) is 7.91. The van der Waals surface area contributed by atoms with Crippen LogP contribution in [0.4, 0.5) is 0 Å². The second-order valence-corrected chi connectivity index (χ2v) is 14.1. The molecule has 1 atom stereocenters. The summed E-state index contributed by atoms with van der Waals surface area (Å²) < 4.78 is 0. The van der Waals surface area contributed by atoms with Crippen LogP contribution in [0, 0.1) is 0 Å². The largest absolute Gasteiger partial charge is 0.264 e. The van der Waals surface area contributed by atoms with Gasteiger partial charge in [0.25, 0.3) is 0 Å². The quantitative estimate of drug-likeness (QED) is 0.140. The Morgan fingerprint density at radius 2 is 1.56 bits per heavy atom. The van der Waals surface area contributed by atoms with Crippen molar-refractivity contribution in [1.29, 1.82) is 0 Å². The summed E-state index contributed by atoms with van der Waals surface area (Å²) in [5.41, 5.74) is 10.5. The zero-order chi connectivity index (χ0) is 36.5. The summed E-state index contributed by atoms with van der Waals surface area (Å²) in [7, 11) is 0. The molecule has 0 saturated carbocycles. The van der Waals surface area contributed by atoms with Crippen molar-refractivity contribution >= 4 is 34.8 Å². The predicted molar refractivity (Wildman–Crippen MR) is 228 cm³/mol. The maximum absolute atomic E-state index is 5.12. The minimum absolute atomic E-state index is 0.316. The van der Waals surface area contributed by atoms with E-state index in [0.717, 1.165) is 67.4 Å². The summed E-state index contributed by atoms with van der Waals surface area (Å²) in [6.45, 7) is 4.41. The molecule has 0 spiro atoms. The number of aliphatic imine (C=N–C) groups is 2. The van der Waals surface area contributed by atoms with Crippen molar-refractivity contribution < 1.29 is 0 Å². The lowest BCUT2D eigenvalue weighted by Gasteiger charge is -2.17. The molecule has 1 unspecified atom stereocenters. The zero-order valence-corrected chi connectivity index (χ0v) is 30.7. The van der Waals surface area contributed by atoms with Crippen molar-refractivity contribution in [3.05, 3.63) is 219 Å². The number of hydrogen-bond acceptors (Lipinski definition) is 2. The molecule has 0 radical (unpaired) electrons. The number of fused-ring (bicyclic) bond motifs is 2. The van der Waals surface area contributed by atoms with E-state index >= 15 is 0 Å². The highest BCUT2D eigenvalue weighted by Crippen LogP contribution is 2.27. The molecule has 264 valence electrons. The first-order chi connectivity index (χ1) is 26.7. The van der Waals surface area contributed by atoms with Crippen LogP contribution in [0.15, 0.2) is 191 Å². The van der Waals surface area contributed by atoms with Crippen molar-refractivity contribution in [3.8, 4) is 0 Å². The van der Waals surface area contributed by atoms with Gasteiger partial charge in [-0.2, -0.15) is 0 Å². The van der Waals surface area contributed by atoms with Crippen LogP contribution >= 0.6 is 0 Å². The lowest BCUT2D eigenvalue weighted by molar-refractivity contribution is 0.843. The standard InChI is InChI=1S/C51H45N3/c1-37(39-16-5-4-6-17-39)54-51(53-35-38-29-31-40(32-30-38)44-22-15-33-52-36-44)43-21-13-20-42(34-43)46-23-7-2-3-8-25-49(50-27-12-11-26-47(46)50)48-28-14-19-41-18-9-10-24-45(41)48/h2-5,7-13,15-16,18-22,24,26-27,29-31,33-36,40H,1,6,14,17,23,25,28,32H2/b7-2-,8-3-,47-46+,50-49+,53-35?,54-51?. The van der Waals surface area contributed by atoms with E-state index in [2.05, 4.69) is 157 Å². The summed E-state index contributed by atoms with van der Waals surface area (Å²) in [4.78, 5) is 14.5. The fourth-order valence-corrected chi connectivity index (χ4v) is 7.85. The van der Waals surface area contributed by atoms with Crippen LogP contribution in [0.25, 0.3) is 22.8 Å². The van der Waals surface area contributed by atoms with E-state index in [1.165, 1.54) is 48.7 Å². The smallest absolute Gasteiger partial charge is 0.159 e. The van der Waals surface area contributed by atoms with Gasteiger partial charge in [-0.25, -0.2) is 9.98 Å². The van der Waals surface area contributed by atoms with Crippen LogP contribution in [0.5, 0.6) is 0 Å². The number of allylic oxidation sites excluding steroid dienone is 12. The van der Waals surface area contributed by atoms with Crippen molar-refractivity contribution in [2.45, 2.75) is 50.9 Å². The molecule has 8 rings (SSSR count). The third-order valence-corrected chi connectivity index (χ3v) is 10.7. The fourth-order valence-electron chi connectivity index (χ4n) is 7.85. The summed E-state index contributed by atoms with van der Waals surface area (Å²) >= 11 is 0. The van der Waals surface area contributed by atoms with Gasteiger partial charge in [-0.3, -0.25) is 4.98 Å². The van der Waals surface area contributed by atoms with Gasteiger partial charge in [0.15, 0.2) is 5.84 Å². The van der Waals surface area contributed by atoms with Crippen molar-refractivity contribution in [3.63, 3.8) is 0 Å². The molecule has 1 aromatic heterocycles. The Labute approximate surface area is 318 Å². The highest BCUT2D eigenvalue weighted by molar-refractivity contribution is 6.06. The van der Waals surface area contributed by atoms with Crippen molar-refractivity contribution in [2.75, 3.05) is 0 Å². The van der Waals surface area contributed by atoms with Gasteiger partial charge >= 0.3 is 0 Å². The SMILES string of the molecule is C=C(N=C(N=CC1=CCC(c2cccnc2)C=C1)c1cccc(/C2=c3\cccc\c3=C(/C3=c4ccccc4=CCC3)C/C=C\C=C/C2)c1)C1=CC=CCC1. The van der Waals surface area contributed by atoms with Gasteiger partial charge in [-0.1, -0.05) is 146 Å². The monoisotopic (exact) mass is 699 g/mol. The van der Waals surface area contributed by atoms with Crippen LogP contribution < -0.4 is 20.9 Å². The average molecular weight is 700 g/mol. The van der Waals surface area contributed by atoms with Crippen molar-refractivity contribution in [1.82, 2.24) is 4.98 Å². The molecule has 3 nitrogen and oxygen atoms in total. The molecule has 4 aliphatic carbocycles. The molecule has 1 heterocycles. The first-order valence-electron chi connectivity index (χ1n) is 19.2. The molecule has 3 heteroatoms. The van der Waals surface area contributed by atoms with Gasteiger partial charge in [0.1, 0.15) is 0 Å². The van der Waals surface area contributed by atoms with E-state index in [9.17, 15) is 0 Å². The maximum Gasteiger partial charge on any atom is 0.159 e. The van der Waals surface area contributed by atoms with Crippen LogP contribution in [0.2, 0.25) is 0 Å². The lowest BCUT2D eigenvalue weighted by atomic mass is 9.88. The summed E-state index contributed by atoms with van der Waals surface area (Å²) in [6, 6.07) is 30.8. The highest BCUT2D eigenvalue weighted by atomic mass is 14.9. The normalized spacial score (nSPS) is 21.7. The molecule has 0 aliphatic heterocycles. The van der Waals surface area contributed by atoms with Gasteiger partial charge in [0, 0.05) is 30.1 Å². The minimum atomic E-state index is 0.316. The number of rotatable bonds is 7. The number of nitrogens with zero attached hydrogens (tertiary/aromatic N) is 3. The molecule has 0 fully saturated rings. The van der Waals surface area contributed by atoms with E-state index in [1.54, 1.807) is 0 Å². The van der Waals surface area contributed by atoms with Crippen LogP contribution in [0.3, 0.4) is 0 Å². The van der Waals surface area contributed by atoms with Crippen LogP contribution in [-0.4, -0.2) is 17.0 Å². The minimum Gasteiger partial charge on any atom is -0.264 e. The number of hydrogen-bond donors (Lipinski definition) is 0. The topological polar surface area (TPSA) is 37.6 Å². The summed E-state index contributed by atoms with van der Waals surface area (Å²) in [6.07, 6.45) is 36.8. The molecule has 4 aromatic rings. The highest BCUT2D eigenvalue weighted by Gasteiger charge is 2.15. The Morgan fingerprint density at radius 1 is 0.741 bits per heavy atom. The lowest BCUT2D eigenvalue weighted by Crippen LogP contribution is -2.34. The average Bonchev–Trinajstić information content (AvgIpc) is 3.24. The van der Waals surface area contributed by atoms with E-state index in [4.69, 9.17) is 9.98 Å². The number of amidine groups is 1. The predicted octanol–water partition coefficient (Wildman–Crippen LogP) is 9.04. The molecule has 4 aliphatic rings. The van der Waals surface area contributed by atoms with Gasteiger partial charge in [-0.05, 0) is 117 Å². The van der Waals surface area contributed by atoms with Gasteiger partial charge in [-0.15, -0.1) is 0 Å². The van der Waals surface area contributed by atoms with Crippen LogP contribution in [0.1, 0.15) is 67.6 Å². The van der Waals surface area contributed by atoms with E-state index < -0.39 is 0 Å². The Bertz CT molecular complexity index is 2590. The van der Waals surface area contributed by atoms with Crippen molar-refractivity contribution in [2.24, 2.45) is 9.98 Å². The van der Waals surface area contributed by atoms with E-state index in [0.29, 0.717) is 11.8 Å². The summed E-state index contributed by atoms with van der Waals surface area (Å²) in [5, 5.41) is 5.28. The van der Waals surface area contributed by atoms with E-state index in [1.807, 2.05) is 24.7 Å². The first-order valence-corrected chi connectivity index (χ1v) is 19.2. The van der Waals surface area contributed by atoms with Crippen LogP contribution in [-0.2, 0) is 0 Å². The number of aromatic nitrogens is 1. The third-order valence-electron chi connectivity index (χ3n) is 10.7. The molecule has 0 amide bonds. The maximum atomic E-state index is 5.12. The number of pyridine rings is 1. The van der Waals surface area contributed by atoms with Gasteiger partial charge < -0.3 is 0 Å². The van der Waals surface area contributed by atoms with E-state index in [-0.39, 0.29) is 0 Å². The fraction of sp³-hybridized carbons (Fsp3) is 0.157. The Morgan fingerprint density at radius 3 is 2.33 bits per heavy atom. The molecule has 54 heavy (non-hydrogen) atoms. The Kier molecular flexibility index (Phi) is 10.8.